The van der Waals surface area contributed by atoms with Gasteiger partial charge in [-0.25, -0.2) is 9.18 Å². The lowest BCUT2D eigenvalue weighted by Crippen LogP contribution is -2.40. The number of halogens is 2. The zero-order chi connectivity index (χ0) is 23.6. The molecule has 1 heterocycles. The summed E-state index contributed by atoms with van der Waals surface area (Å²) in [6.07, 6.45) is -1.09. The Bertz CT molecular complexity index is 1150. The fourth-order valence-electron chi connectivity index (χ4n) is 4.50. The lowest BCUT2D eigenvalue weighted by Gasteiger charge is -2.30. The third kappa shape index (κ3) is 5.01. The van der Waals surface area contributed by atoms with Gasteiger partial charge in [0.25, 0.3) is 5.91 Å². The van der Waals surface area contributed by atoms with E-state index in [1.54, 1.807) is 41.3 Å². The molecule has 2 amide bonds. The molecule has 4 rings (SSSR count). The van der Waals surface area contributed by atoms with Crippen LogP contribution in [0.4, 0.5) is 9.18 Å². The number of carboxylic acid groups (broad SMARTS) is 1. The molecule has 3 aromatic rings. The van der Waals surface area contributed by atoms with E-state index in [0.29, 0.717) is 23.7 Å². The summed E-state index contributed by atoms with van der Waals surface area (Å²) in [7, 11) is 0. The number of likely N-dealkylation sites (tertiary alicyclic amines) is 1. The number of hydrogen-bond acceptors (Lipinski definition) is 2. The van der Waals surface area contributed by atoms with Gasteiger partial charge in [-0.05, 0) is 53.1 Å². The van der Waals surface area contributed by atoms with Crippen molar-refractivity contribution >= 4 is 23.6 Å². The van der Waals surface area contributed by atoms with Crippen molar-refractivity contribution in [1.29, 1.82) is 0 Å². The van der Waals surface area contributed by atoms with Gasteiger partial charge < -0.3 is 15.3 Å². The minimum atomic E-state index is -1.09. The van der Waals surface area contributed by atoms with Crippen LogP contribution < -0.4 is 5.32 Å². The Kier molecular flexibility index (Phi) is 6.38. The lowest BCUT2D eigenvalue weighted by molar-refractivity contribution is 0.0775. The first-order chi connectivity index (χ1) is 15.7. The van der Waals surface area contributed by atoms with Crippen LogP contribution in [0.15, 0.2) is 72.8 Å². The molecule has 1 aliphatic heterocycles. The Balaban J connectivity index is 1.56. The maximum Gasteiger partial charge on any atom is 0.404 e. The molecule has 0 bridgehead atoms. The van der Waals surface area contributed by atoms with Gasteiger partial charge in [0.1, 0.15) is 5.82 Å². The third-order valence-corrected chi connectivity index (χ3v) is 6.56. The molecule has 0 saturated carbocycles. The second kappa shape index (κ2) is 9.24. The largest absolute Gasteiger partial charge is 0.465 e. The van der Waals surface area contributed by atoms with Gasteiger partial charge in [0.05, 0.1) is 0 Å². The number of carbonyl (C=O) groups excluding carboxylic acids is 1. The maximum absolute atomic E-state index is 13.3. The average molecular weight is 467 g/mol. The summed E-state index contributed by atoms with van der Waals surface area (Å²) in [5, 5.41) is 12.3. The van der Waals surface area contributed by atoms with Crippen LogP contribution in [0, 0.1) is 11.2 Å². The first-order valence-corrected chi connectivity index (χ1v) is 11.0. The molecular weight excluding hydrogens is 443 g/mol. The number of hydrogen-bond donors (Lipinski definition) is 2. The first kappa shape index (κ1) is 22.8. The Morgan fingerprint density at radius 1 is 1.03 bits per heavy atom. The second-order valence-corrected chi connectivity index (χ2v) is 9.12. The van der Waals surface area contributed by atoms with Gasteiger partial charge in [0.2, 0.25) is 0 Å². The van der Waals surface area contributed by atoms with Crippen molar-refractivity contribution in [2.24, 2.45) is 5.41 Å². The van der Waals surface area contributed by atoms with E-state index in [0.717, 1.165) is 16.7 Å². The summed E-state index contributed by atoms with van der Waals surface area (Å²) in [5.74, 6) is -0.460. The van der Waals surface area contributed by atoms with Gasteiger partial charge in [-0.3, -0.25) is 4.79 Å². The van der Waals surface area contributed by atoms with Crippen molar-refractivity contribution in [3.8, 4) is 11.1 Å². The van der Waals surface area contributed by atoms with Crippen LogP contribution in [-0.4, -0.2) is 41.6 Å². The summed E-state index contributed by atoms with van der Waals surface area (Å²) in [6.45, 7) is 3.10. The number of rotatable bonds is 5. The molecule has 1 aliphatic rings. The predicted molar refractivity (Wildman–Crippen MR) is 126 cm³/mol. The monoisotopic (exact) mass is 466 g/mol. The fourth-order valence-corrected chi connectivity index (χ4v) is 4.62. The highest BCUT2D eigenvalue weighted by Gasteiger charge is 2.45. The van der Waals surface area contributed by atoms with Gasteiger partial charge in [0.15, 0.2) is 0 Å². The Morgan fingerprint density at radius 3 is 2.18 bits per heavy atom. The molecular formula is C26H24ClFN2O3. The highest BCUT2D eigenvalue weighted by atomic mass is 35.5. The summed E-state index contributed by atoms with van der Waals surface area (Å²) < 4.78 is 13.2. The molecule has 0 spiro atoms. The van der Waals surface area contributed by atoms with E-state index in [2.05, 4.69) is 5.32 Å². The molecule has 3 aromatic carbocycles. The zero-order valence-electron chi connectivity index (χ0n) is 18.1. The molecule has 33 heavy (non-hydrogen) atoms. The summed E-state index contributed by atoms with van der Waals surface area (Å²) in [4.78, 5) is 26.2. The molecule has 7 heteroatoms. The van der Waals surface area contributed by atoms with Crippen LogP contribution >= 0.6 is 11.6 Å². The molecule has 1 fully saturated rings. The van der Waals surface area contributed by atoms with Crippen molar-refractivity contribution in [3.63, 3.8) is 0 Å². The zero-order valence-corrected chi connectivity index (χ0v) is 18.8. The van der Waals surface area contributed by atoms with E-state index in [9.17, 15) is 14.0 Å². The maximum atomic E-state index is 13.3. The quantitative estimate of drug-likeness (QED) is 0.509. The van der Waals surface area contributed by atoms with Crippen molar-refractivity contribution in [2.75, 3.05) is 19.6 Å². The Morgan fingerprint density at radius 2 is 1.61 bits per heavy atom. The molecule has 5 nitrogen and oxygen atoms in total. The minimum absolute atomic E-state index is 0.0518. The van der Waals surface area contributed by atoms with Crippen LogP contribution in [-0.2, 0) is 0 Å². The number of benzene rings is 3. The molecule has 0 aromatic heterocycles. The molecule has 2 atom stereocenters. The van der Waals surface area contributed by atoms with E-state index in [1.807, 2.05) is 31.2 Å². The van der Waals surface area contributed by atoms with E-state index in [-0.39, 0.29) is 24.2 Å². The summed E-state index contributed by atoms with van der Waals surface area (Å²) in [6, 6.07) is 20.9. The van der Waals surface area contributed by atoms with Crippen molar-refractivity contribution < 1.29 is 19.1 Å². The van der Waals surface area contributed by atoms with Gasteiger partial charge in [-0.1, -0.05) is 54.9 Å². The normalized spacial score (nSPS) is 20.0. The van der Waals surface area contributed by atoms with Crippen LogP contribution in [0.5, 0.6) is 0 Å². The van der Waals surface area contributed by atoms with Crippen LogP contribution in [0.3, 0.4) is 0 Å². The van der Waals surface area contributed by atoms with Gasteiger partial charge in [-0.15, -0.1) is 0 Å². The van der Waals surface area contributed by atoms with E-state index in [1.165, 1.54) is 12.1 Å². The van der Waals surface area contributed by atoms with Gasteiger partial charge in [-0.2, -0.15) is 0 Å². The SMILES string of the molecule is C[C@@]1(CNC(=O)O)CN(C(=O)c2ccc(-c3ccc(F)cc3)cc2)C[C@H]1c1ccc(Cl)cc1. The molecule has 0 unspecified atom stereocenters. The standard InChI is InChI=1S/C26H24ClFN2O3/c1-26(15-29-25(32)33)16-30(14-23(26)19-6-10-21(27)11-7-19)24(31)20-4-2-17(3-5-20)18-8-12-22(28)13-9-18/h2-13,23,29H,14-16H2,1H3,(H,32,33)/t23-,26+/m0/s1. The fraction of sp³-hybridized carbons (Fsp3) is 0.231. The topological polar surface area (TPSA) is 69.6 Å². The second-order valence-electron chi connectivity index (χ2n) is 8.69. The van der Waals surface area contributed by atoms with E-state index in [4.69, 9.17) is 16.7 Å². The average Bonchev–Trinajstić information content (AvgIpc) is 3.16. The highest BCUT2D eigenvalue weighted by Crippen LogP contribution is 2.43. The number of nitrogens with one attached hydrogen (secondary N) is 1. The van der Waals surface area contributed by atoms with Gasteiger partial charge >= 0.3 is 6.09 Å². The van der Waals surface area contributed by atoms with E-state index < -0.39 is 11.5 Å². The Hall–Kier alpha value is -3.38. The van der Waals surface area contributed by atoms with Crippen molar-refractivity contribution in [1.82, 2.24) is 10.2 Å². The highest BCUT2D eigenvalue weighted by molar-refractivity contribution is 6.30. The molecule has 0 radical (unpaired) electrons. The molecule has 2 N–H and O–H groups in total. The molecule has 0 aliphatic carbocycles. The minimum Gasteiger partial charge on any atom is -0.465 e. The predicted octanol–water partition coefficient (Wildman–Crippen LogP) is 5.66. The van der Waals surface area contributed by atoms with Crippen molar-refractivity contribution in [2.45, 2.75) is 12.8 Å². The smallest absolute Gasteiger partial charge is 0.404 e. The number of carbonyl (C=O) groups is 2. The first-order valence-electron chi connectivity index (χ1n) is 10.6. The van der Waals surface area contributed by atoms with Gasteiger partial charge in [0, 0.05) is 41.6 Å². The number of nitrogens with zero attached hydrogens (tertiary/aromatic N) is 1. The molecule has 1 saturated heterocycles. The van der Waals surface area contributed by atoms with Crippen molar-refractivity contribution in [3.05, 3.63) is 94.8 Å². The summed E-state index contributed by atoms with van der Waals surface area (Å²) in [5.41, 5.74) is 2.84. The summed E-state index contributed by atoms with van der Waals surface area (Å²) >= 11 is 6.04. The number of amides is 2. The van der Waals surface area contributed by atoms with Crippen LogP contribution in [0.1, 0.15) is 28.8 Å². The van der Waals surface area contributed by atoms with E-state index >= 15 is 0 Å². The van der Waals surface area contributed by atoms with Crippen LogP contribution in [0.2, 0.25) is 5.02 Å². The Labute approximate surface area is 196 Å². The molecule has 170 valence electrons. The van der Waals surface area contributed by atoms with Crippen LogP contribution in [0.25, 0.3) is 11.1 Å². The third-order valence-electron chi connectivity index (χ3n) is 6.31. The lowest BCUT2D eigenvalue weighted by atomic mass is 9.76.